The molecular weight excluding hydrogens is 365 g/mol. The van der Waals surface area contributed by atoms with E-state index < -0.39 is 10.0 Å². The molecule has 1 unspecified atom stereocenters. The molecular formula is C21H26FNO3S. The van der Waals surface area contributed by atoms with Crippen LogP contribution in [0.25, 0.3) is 0 Å². The molecule has 0 radical (unpaired) electrons. The van der Waals surface area contributed by atoms with Gasteiger partial charge in [-0.05, 0) is 42.0 Å². The predicted octanol–water partition coefficient (Wildman–Crippen LogP) is 4.36. The number of halogens is 1. The van der Waals surface area contributed by atoms with Gasteiger partial charge in [0.2, 0.25) is 10.0 Å². The highest BCUT2D eigenvalue weighted by Crippen LogP contribution is 2.29. The SMILES string of the molecule is CC(C)(C)c1ccc(OC2CCCN(S(=O)(=O)c3ccccc3)C2)cc1F. The molecule has 2 aromatic rings. The number of piperidine rings is 1. The zero-order chi connectivity index (χ0) is 19.7. The maximum atomic E-state index is 14.4. The van der Waals surface area contributed by atoms with Gasteiger partial charge in [-0.3, -0.25) is 0 Å². The summed E-state index contributed by atoms with van der Waals surface area (Å²) >= 11 is 0. The van der Waals surface area contributed by atoms with Crippen molar-refractivity contribution in [1.29, 1.82) is 0 Å². The van der Waals surface area contributed by atoms with Crippen LogP contribution < -0.4 is 4.74 Å². The minimum absolute atomic E-state index is 0.264. The lowest BCUT2D eigenvalue weighted by Crippen LogP contribution is -2.44. The second-order valence-corrected chi connectivity index (χ2v) is 9.89. The van der Waals surface area contributed by atoms with Gasteiger partial charge < -0.3 is 4.74 Å². The van der Waals surface area contributed by atoms with E-state index in [2.05, 4.69) is 0 Å². The third-order valence-electron chi connectivity index (χ3n) is 4.77. The smallest absolute Gasteiger partial charge is 0.243 e. The Bertz CT molecular complexity index is 891. The minimum Gasteiger partial charge on any atom is -0.489 e. The molecule has 1 heterocycles. The molecule has 0 bridgehead atoms. The molecule has 3 rings (SSSR count). The van der Waals surface area contributed by atoms with Gasteiger partial charge in [0.05, 0.1) is 11.4 Å². The summed E-state index contributed by atoms with van der Waals surface area (Å²) in [6.07, 6.45) is 1.15. The summed E-state index contributed by atoms with van der Waals surface area (Å²) < 4.78 is 47.4. The van der Waals surface area contributed by atoms with Crippen LogP contribution in [-0.2, 0) is 15.4 Å². The molecule has 0 saturated carbocycles. The Morgan fingerprint density at radius 1 is 1.11 bits per heavy atom. The standard InChI is InChI=1S/C21H26FNO3S/c1-21(2,3)19-12-11-16(14-20(19)22)26-17-8-7-13-23(15-17)27(24,25)18-9-5-4-6-10-18/h4-6,9-12,14,17H,7-8,13,15H2,1-3H3. The molecule has 0 N–H and O–H groups in total. The molecule has 6 heteroatoms. The number of nitrogens with zero attached hydrogens (tertiary/aromatic N) is 1. The second kappa shape index (κ2) is 7.60. The minimum atomic E-state index is -3.54. The molecule has 1 fully saturated rings. The third kappa shape index (κ3) is 4.50. The summed E-state index contributed by atoms with van der Waals surface area (Å²) in [6.45, 7) is 6.60. The van der Waals surface area contributed by atoms with Crippen molar-refractivity contribution in [3.63, 3.8) is 0 Å². The van der Waals surface area contributed by atoms with Crippen molar-refractivity contribution in [1.82, 2.24) is 4.31 Å². The number of hydrogen-bond donors (Lipinski definition) is 0. The van der Waals surface area contributed by atoms with Crippen LogP contribution in [0, 0.1) is 5.82 Å². The van der Waals surface area contributed by atoms with E-state index in [1.807, 2.05) is 20.8 Å². The fourth-order valence-electron chi connectivity index (χ4n) is 3.33. The Balaban J connectivity index is 1.73. The van der Waals surface area contributed by atoms with Gasteiger partial charge in [-0.25, -0.2) is 12.8 Å². The molecule has 146 valence electrons. The highest BCUT2D eigenvalue weighted by atomic mass is 32.2. The van der Waals surface area contributed by atoms with Crippen molar-refractivity contribution in [2.75, 3.05) is 13.1 Å². The highest BCUT2D eigenvalue weighted by molar-refractivity contribution is 7.89. The first-order chi connectivity index (χ1) is 12.7. The van der Waals surface area contributed by atoms with Crippen LogP contribution in [0.4, 0.5) is 4.39 Å². The van der Waals surface area contributed by atoms with E-state index in [-0.39, 0.29) is 28.8 Å². The van der Waals surface area contributed by atoms with E-state index in [9.17, 15) is 12.8 Å². The fourth-order valence-corrected chi connectivity index (χ4v) is 4.86. The topological polar surface area (TPSA) is 46.6 Å². The molecule has 1 atom stereocenters. The van der Waals surface area contributed by atoms with E-state index in [1.54, 1.807) is 42.5 Å². The van der Waals surface area contributed by atoms with Crippen molar-refractivity contribution in [2.45, 2.75) is 50.0 Å². The largest absolute Gasteiger partial charge is 0.489 e. The van der Waals surface area contributed by atoms with Gasteiger partial charge in [0, 0.05) is 12.6 Å². The number of benzene rings is 2. The lowest BCUT2D eigenvalue weighted by Gasteiger charge is -2.32. The third-order valence-corrected chi connectivity index (χ3v) is 6.65. The van der Waals surface area contributed by atoms with Crippen LogP contribution >= 0.6 is 0 Å². The van der Waals surface area contributed by atoms with E-state index >= 15 is 0 Å². The molecule has 1 aliphatic rings. The first-order valence-corrected chi connectivity index (χ1v) is 10.6. The first-order valence-electron chi connectivity index (χ1n) is 9.20. The summed E-state index contributed by atoms with van der Waals surface area (Å²) in [4.78, 5) is 0.284. The van der Waals surface area contributed by atoms with E-state index in [4.69, 9.17) is 4.74 Å². The molecule has 0 aromatic heterocycles. The molecule has 4 nitrogen and oxygen atoms in total. The highest BCUT2D eigenvalue weighted by Gasteiger charge is 2.31. The lowest BCUT2D eigenvalue weighted by atomic mass is 9.86. The van der Waals surface area contributed by atoms with Crippen molar-refractivity contribution in [3.05, 3.63) is 59.9 Å². The number of hydrogen-bond acceptors (Lipinski definition) is 3. The van der Waals surface area contributed by atoms with Crippen molar-refractivity contribution >= 4 is 10.0 Å². The molecule has 2 aromatic carbocycles. The van der Waals surface area contributed by atoms with Crippen LogP contribution in [-0.4, -0.2) is 31.9 Å². The summed E-state index contributed by atoms with van der Waals surface area (Å²) in [5, 5.41) is 0. The van der Waals surface area contributed by atoms with Gasteiger partial charge in [-0.2, -0.15) is 4.31 Å². The maximum Gasteiger partial charge on any atom is 0.243 e. The Labute approximate surface area is 161 Å². The van der Waals surface area contributed by atoms with Gasteiger partial charge in [0.25, 0.3) is 0 Å². The Kier molecular flexibility index (Phi) is 5.58. The lowest BCUT2D eigenvalue weighted by molar-refractivity contribution is 0.129. The van der Waals surface area contributed by atoms with Crippen LogP contribution in [0.15, 0.2) is 53.4 Å². The summed E-state index contributed by atoms with van der Waals surface area (Å²) in [6, 6.07) is 13.3. The van der Waals surface area contributed by atoms with E-state index in [1.165, 1.54) is 10.4 Å². The Morgan fingerprint density at radius 2 is 1.81 bits per heavy atom. The summed E-state index contributed by atoms with van der Waals surface area (Å²) in [5.41, 5.74) is 0.348. The Morgan fingerprint density at radius 3 is 2.44 bits per heavy atom. The maximum absolute atomic E-state index is 14.4. The molecule has 0 spiro atoms. The van der Waals surface area contributed by atoms with Crippen LogP contribution in [0.2, 0.25) is 0 Å². The van der Waals surface area contributed by atoms with Crippen LogP contribution in [0.3, 0.4) is 0 Å². The van der Waals surface area contributed by atoms with Gasteiger partial charge >= 0.3 is 0 Å². The van der Waals surface area contributed by atoms with Gasteiger partial charge in [-0.15, -0.1) is 0 Å². The fraction of sp³-hybridized carbons (Fsp3) is 0.429. The monoisotopic (exact) mass is 391 g/mol. The molecule has 0 aliphatic carbocycles. The molecule has 27 heavy (non-hydrogen) atoms. The van der Waals surface area contributed by atoms with Crippen molar-refractivity contribution < 1.29 is 17.5 Å². The summed E-state index contributed by atoms with van der Waals surface area (Å²) in [5.74, 6) is 0.133. The second-order valence-electron chi connectivity index (χ2n) is 7.95. The van der Waals surface area contributed by atoms with Crippen LogP contribution in [0.5, 0.6) is 5.75 Å². The van der Waals surface area contributed by atoms with Gasteiger partial charge in [-0.1, -0.05) is 45.0 Å². The van der Waals surface area contributed by atoms with Crippen molar-refractivity contribution in [2.24, 2.45) is 0 Å². The van der Waals surface area contributed by atoms with E-state index in [0.29, 0.717) is 24.3 Å². The number of sulfonamides is 1. The average Bonchev–Trinajstić information content (AvgIpc) is 2.61. The van der Waals surface area contributed by atoms with E-state index in [0.717, 1.165) is 6.42 Å². The van der Waals surface area contributed by atoms with Crippen molar-refractivity contribution in [3.8, 4) is 5.75 Å². The number of rotatable bonds is 4. The molecule has 1 aliphatic heterocycles. The predicted molar refractivity (Wildman–Crippen MR) is 104 cm³/mol. The van der Waals surface area contributed by atoms with Gasteiger partial charge in [0.1, 0.15) is 17.7 Å². The zero-order valence-electron chi connectivity index (χ0n) is 16.0. The first kappa shape index (κ1) is 19.8. The molecule has 1 saturated heterocycles. The average molecular weight is 392 g/mol. The van der Waals surface area contributed by atoms with Crippen LogP contribution in [0.1, 0.15) is 39.2 Å². The summed E-state index contributed by atoms with van der Waals surface area (Å²) in [7, 11) is -3.54. The number of ether oxygens (including phenoxy) is 1. The Hall–Kier alpha value is -1.92. The molecule has 0 amide bonds. The zero-order valence-corrected chi connectivity index (χ0v) is 16.8. The quantitative estimate of drug-likeness (QED) is 0.778. The normalized spacial score (nSPS) is 19.0. The van der Waals surface area contributed by atoms with Gasteiger partial charge in [0.15, 0.2) is 0 Å².